The molecule has 0 saturated heterocycles. The molecule has 2 rings (SSSR count). The normalized spacial score (nSPS) is 10.2. The molecule has 0 aliphatic carbocycles. The molecule has 1 heterocycles. The predicted molar refractivity (Wildman–Crippen MR) is 74.2 cm³/mol. The molecule has 0 spiro atoms. The molecule has 20 heavy (non-hydrogen) atoms. The molecular formula is C15H17NO4. The number of hydrogen-bond acceptors (Lipinski definition) is 4. The molecule has 1 amide bonds. The first-order valence-electron chi connectivity index (χ1n) is 6.19. The maximum atomic E-state index is 12.0. The Morgan fingerprint density at radius 2 is 2.05 bits per heavy atom. The van der Waals surface area contributed by atoms with E-state index in [2.05, 4.69) is 5.32 Å². The number of furan rings is 1. The quantitative estimate of drug-likeness (QED) is 0.911. The number of rotatable bonds is 5. The number of carbonyl (C=O) groups is 1. The van der Waals surface area contributed by atoms with Crippen molar-refractivity contribution in [2.24, 2.45) is 0 Å². The van der Waals surface area contributed by atoms with Crippen molar-refractivity contribution in [1.82, 2.24) is 5.32 Å². The van der Waals surface area contributed by atoms with Crippen LogP contribution in [0.3, 0.4) is 0 Å². The van der Waals surface area contributed by atoms with Crippen molar-refractivity contribution < 1.29 is 18.7 Å². The molecule has 0 bridgehead atoms. The van der Waals surface area contributed by atoms with Crippen molar-refractivity contribution in [2.75, 3.05) is 14.2 Å². The van der Waals surface area contributed by atoms with E-state index in [1.807, 2.05) is 18.2 Å². The molecule has 0 atom stereocenters. The second-order valence-electron chi connectivity index (χ2n) is 4.23. The van der Waals surface area contributed by atoms with Crippen LogP contribution < -0.4 is 14.8 Å². The summed E-state index contributed by atoms with van der Waals surface area (Å²) in [6, 6.07) is 7.19. The highest BCUT2D eigenvalue weighted by Crippen LogP contribution is 2.30. The van der Waals surface area contributed by atoms with Crippen molar-refractivity contribution in [2.45, 2.75) is 13.5 Å². The molecule has 1 N–H and O–H groups in total. The van der Waals surface area contributed by atoms with Gasteiger partial charge in [0.05, 0.1) is 26.0 Å². The maximum Gasteiger partial charge on any atom is 0.255 e. The molecule has 0 radical (unpaired) electrons. The minimum Gasteiger partial charge on any atom is -0.493 e. The molecular weight excluding hydrogens is 258 g/mol. The van der Waals surface area contributed by atoms with E-state index in [1.165, 1.54) is 6.26 Å². The summed E-state index contributed by atoms with van der Waals surface area (Å²) in [5.41, 5.74) is 1.38. The van der Waals surface area contributed by atoms with Crippen LogP contribution in [-0.2, 0) is 6.54 Å². The van der Waals surface area contributed by atoms with Gasteiger partial charge in [0.2, 0.25) is 0 Å². The second kappa shape index (κ2) is 6.14. The Balaban J connectivity index is 2.12. The Bertz CT molecular complexity index is 604. The molecule has 1 aromatic carbocycles. The molecule has 0 saturated carbocycles. The average Bonchev–Trinajstić information content (AvgIpc) is 2.90. The molecule has 1 aromatic heterocycles. The van der Waals surface area contributed by atoms with Crippen LogP contribution in [0.25, 0.3) is 0 Å². The first-order valence-corrected chi connectivity index (χ1v) is 6.19. The number of para-hydroxylation sites is 1. The highest BCUT2D eigenvalue weighted by Gasteiger charge is 2.13. The predicted octanol–water partition coefficient (Wildman–Crippen LogP) is 2.54. The zero-order valence-electron chi connectivity index (χ0n) is 11.7. The monoisotopic (exact) mass is 275 g/mol. The Morgan fingerprint density at radius 3 is 2.65 bits per heavy atom. The molecule has 0 aliphatic rings. The van der Waals surface area contributed by atoms with Crippen molar-refractivity contribution in [1.29, 1.82) is 0 Å². The third kappa shape index (κ3) is 2.77. The zero-order chi connectivity index (χ0) is 14.5. The molecule has 0 unspecified atom stereocenters. The molecule has 0 aliphatic heterocycles. The highest BCUT2D eigenvalue weighted by molar-refractivity contribution is 5.95. The van der Waals surface area contributed by atoms with Crippen LogP contribution in [0.15, 0.2) is 34.9 Å². The fourth-order valence-corrected chi connectivity index (χ4v) is 1.98. The summed E-state index contributed by atoms with van der Waals surface area (Å²) < 4.78 is 15.7. The Morgan fingerprint density at radius 1 is 1.25 bits per heavy atom. The summed E-state index contributed by atoms with van der Waals surface area (Å²) in [4.78, 5) is 12.0. The SMILES string of the molecule is COc1cccc(CNC(=O)c2ccoc2C)c1OC. The van der Waals surface area contributed by atoms with Crippen LogP contribution in [0.2, 0.25) is 0 Å². The van der Waals surface area contributed by atoms with E-state index < -0.39 is 0 Å². The second-order valence-corrected chi connectivity index (χ2v) is 4.23. The number of nitrogens with one attached hydrogen (secondary N) is 1. The number of carbonyl (C=O) groups excluding carboxylic acids is 1. The summed E-state index contributed by atoms with van der Waals surface area (Å²) in [5, 5.41) is 2.83. The third-order valence-corrected chi connectivity index (χ3v) is 3.03. The minimum atomic E-state index is -0.180. The number of benzene rings is 1. The van der Waals surface area contributed by atoms with Crippen molar-refractivity contribution in [3.05, 3.63) is 47.4 Å². The van der Waals surface area contributed by atoms with E-state index in [9.17, 15) is 4.79 Å². The van der Waals surface area contributed by atoms with E-state index in [0.29, 0.717) is 29.4 Å². The van der Waals surface area contributed by atoms with Gasteiger partial charge in [-0.2, -0.15) is 0 Å². The molecule has 0 fully saturated rings. The van der Waals surface area contributed by atoms with E-state index >= 15 is 0 Å². The van der Waals surface area contributed by atoms with Gasteiger partial charge in [0, 0.05) is 12.1 Å². The van der Waals surface area contributed by atoms with Gasteiger partial charge in [-0.3, -0.25) is 4.79 Å². The minimum absolute atomic E-state index is 0.180. The molecule has 106 valence electrons. The van der Waals surface area contributed by atoms with Gasteiger partial charge in [-0.15, -0.1) is 0 Å². The van der Waals surface area contributed by atoms with Crippen LogP contribution in [0.1, 0.15) is 21.7 Å². The summed E-state index contributed by atoms with van der Waals surface area (Å²) in [6.07, 6.45) is 1.50. The third-order valence-electron chi connectivity index (χ3n) is 3.03. The van der Waals surface area contributed by atoms with Crippen LogP contribution in [0.4, 0.5) is 0 Å². The van der Waals surface area contributed by atoms with Gasteiger partial charge >= 0.3 is 0 Å². The number of aryl methyl sites for hydroxylation is 1. The topological polar surface area (TPSA) is 60.7 Å². The first-order chi connectivity index (χ1) is 9.67. The van der Waals surface area contributed by atoms with Crippen LogP contribution in [-0.4, -0.2) is 20.1 Å². The van der Waals surface area contributed by atoms with E-state index in [1.54, 1.807) is 27.2 Å². The van der Waals surface area contributed by atoms with Gasteiger partial charge in [0.15, 0.2) is 11.5 Å². The lowest BCUT2D eigenvalue weighted by molar-refractivity contribution is 0.0949. The van der Waals surface area contributed by atoms with Gasteiger partial charge < -0.3 is 19.2 Å². The first kappa shape index (κ1) is 14.0. The Labute approximate surface area is 117 Å². The van der Waals surface area contributed by atoms with Gasteiger partial charge in [-0.05, 0) is 19.1 Å². The lowest BCUT2D eigenvalue weighted by Gasteiger charge is -2.13. The van der Waals surface area contributed by atoms with Crippen molar-refractivity contribution in [3.63, 3.8) is 0 Å². The van der Waals surface area contributed by atoms with Gasteiger partial charge in [0.1, 0.15) is 5.76 Å². The Kier molecular flexibility index (Phi) is 4.30. The fraction of sp³-hybridized carbons (Fsp3) is 0.267. The van der Waals surface area contributed by atoms with Crippen molar-refractivity contribution >= 4 is 5.91 Å². The molecule has 2 aromatic rings. The van der Waals surface area contributed by atoms with Crippen molar-refractivity contribution in [3.8, 4) is 11.5 Å². The lowest BCUT2D eigenvalue weighted by atomic mass is 10.1. The lowest BCUT2D eigenvalue weighted by Crippen LogP contribution is -2.23. The number of hydrogen-bond donors (Lipinski definition) is 1. The largest absolute Gasteiger partial charge is 0.493 e. The summed E-state index contributed by atoms with van der Waals surface area (Å²) >= 11 is 0. The standard InChI is InChI=1S/C15H17NO4/c1-10-12(7-8-20-10)15(17)16-9-11-5-4-6-13(18-2)14(11)19-3/h4-8H,9H2,1-3H3,(H,16,17). The maximum absolute atomic E-state index is 12.0. The smallest absolute Gasteiger partial charge is 0.255 e. The fourth-order valence-electron chi connectivity index (χ4n) is 1.98. The number of amides is 1. The van der Waals surface area contributed by atoms with Crippen LogP contribution in [0.5, 0.6) is 11.5 Å². The van der Waals surface area contributed by atoms with Crippen LogP contribution in [0, 0.1) is 6.92 Å². The molecule has 5 heteroatoms. The Hall–Kier alpha value is -2.43. The van der Waals surface area contributed by atoms with Crippen LogP contribution >= 0.6 is 0 Å². The van der Waals surface area contributed by atoms with E-state index in [0.717, 1.165) is 5.56 Å². The average molecular weight is 275 g/mol. The van der Waals surface area contributed by atoms with E-state index in [4.69, 9.17) is 13.9 Å². The zero-order valence-corrected chi connectivity index (χ0v) is 11.7. The summed E-state index contributed by atoms with van der Waals surface area (Å²) in [7, 11) is 3.15. The summed E-state index contributed by atoms with van der Waals surface area (Å²) in [5.74, 6) is 1.68. The number of ether oxygens (including phenoxy) is 2. The van der Waals surface area contributed by atoms with Gasteiger partial charge in [-0.25, -0.2) is 0 Å². The van der Waals surface area contributed by atoms with E-state index in [-0.39, 0.29) is 5.91 Å². The highest BCUT2D eigenvalue weighted by atomic mass is 16.5. The number of methoxy groups -OCH3 is 2. The molecule has 5 nitrogen and oxygen atoms in total. The van der Waals surface area contributed by atoms with Gasteiger partial charge in [-0.1, -0.05) is 12.1 Å². The summed E-state index contributed by atoms with van der Waals surface area (Å²) in [6.45, 7) is 2.10. The van der Waals surface area contributed by atoms with Gasteiger partial charge in [0.25, 0.3) is 5.91 Å².